The number of nitrogens with zero attached hydrogens (tertiary/aromatic N) is 2. The average molecular weight is 533 g/mol. The van der Waals surface area contributed by atoms with Crippen LogP contribution < -0.4 is 0 Å². The third-order valence-electron chi connectivity index (χ3n) is 6.26. The molecule has 0 amide bonds. The van der Waals surface area contributed by atoms with Gasteiger partial charge in [0.25, 0.3) is 10.0 Å². The zero-order chi connectivity index (χ0) is 26.9. The van der Waals surface area contributed by atoms with Gasteiger partial charge in [0.05, 0.1) is 22.2 Å². The molecule has 0 saturated carbocycles. The molecule has 0 aromatic heterocycles. The maximum Gasteiger partial charge on any atom is 0.416 e. The van der Waals surface area contributed by atoms with Crippen LogP contribution in [0.4, 0.5) is 13.2 Å². The zero-order valence-electron chi connectivity index (χ0n) is 20.3. The van der Waals surface area contributed by atoms with Crippen LogP contribution in [0.2, 0.25) is 0 Å². The van der Waals surface area contributed by atoms with Crippen LogP contribution >= 0.6 is 0 Å². The molecule has 0 N–H and O–H groups in total. The van der Waals surface area contributed by atoms with Crippen molar-refractivity contribution in [2.45, 2.75) is 24.0 Å². The summed E-state index contributed by atoms with van der Waals surface area (Å²) >= 11 is 0. The topological polar surface area (TPSA) is 49.7 Å². The lowest BCUT2D eigenvalue weighted by molar-refractivity contribution is -0.137. The Morgan fingerprint density at radius 3 is 1.89 bits per heavy atom. The van der Waals surface area contributed by atoms with Gasteiger partial charge in [-0.25, -0.2) is 17.7 Å². The molecular weight excluding hydrogens is 509 g/mol. The van der Waals surface area contributed by atoms with Crippen LogP contribution in [0.1, 0.15) is 33.9 Å². The second-order valence-corrected chi connectivity index (χ2v) is 10.7. The van der Waals surface area contributed by atoms with Gasteiger partial charge in [0.1, 0.15) is 0 Å². The lowest BCUT2D eigenvalue weighted by Gasteiger charge is -2.35. The van der Waals surface area contributed by atoms with Crippen LogP contribution in [-0.4, -0.2) is 18.6 Å². The first-order valence-corrected chi connectivity index (χ1v) is 13.3. The van der Waals surface area contributed by atoms with Gasteiger partial charge in [-0.3, -0.25) is 0 Å². The predicted octanol–water partition coefficient (Wildman–Crippen LogP) is 7.25. The third kappa shape index (κ3) is 4.99. The highest BCUT2D eigenvalue weighted by atomic mass is 32.2. The molecule has 0 fully saturated rings. The molecule has 4 nitrogen and oxygen atoms in total. The SMILES string of the molecule is Cc1ccc(S(=O)(=O)N2C(c3ccc(C(F)(F)F)cc3)=NC(c3ccccc3)=CC2c2ccccc2)cc1. The Hall–Kier alpha value is -4.17. The highest BCUT2D eigenvalue weighted by Crippen LogP contribution is 2.38. The normalized spacial score (nSPS) is 16.1. The summed E-state index contributed by atoms with van der Waals surface area (Å²) in [5.41, 5.74) is 2.27. The van der Waals surface area contributed by atoms with Gasteiger partial charge in [-0.2, -0.15) is 13.2 Å². The quantitative estimate of drug-likeness (QED) is 0.272. The molecule has 0 aliphatic carbocycles. The van der Waals surface area contributed by atoms with Crippen LogP contribution in [0.5, 0.6) is 0 Å². The van der Waals surface area contributed by atoms with E-state index in [-0.39, 0.29) is 16.3 Å². The Labute approximate surface area is 219 Å². The second-order valence-electron chi connectivity index (χ2n) is 8.90. The summed E-state index contributed by atoms with van der Waals surface area (Å²) in [6, 6.07) is 28.4. The van der Waals surface area contributed by atoms with E-state index in [9.17, 15) is 21.6 Å². The van der Waals surface area contributed by atoms with E-state index in [1.165, 1.54) is 28.6 Å². The monoisotopic (exact) mass is 532 g/mol. The summed E-state index contributed by atoms with van der Waals surface area (Å²) in [4.78, 5) is 4.78. The first-order chi connectivity index (χ1) is 18.1. The molecule has 0 bridgehead atoms. The average Bonchev–Trinajstić information content (AvgIpc) is 2.93. The molecule has 0 saturated heterocycles. The third-order valence-corrected chi connectivity index (χ3v) is 8.05. The molecule has 192 valence electrons. The van der Waals surface area contributed by atoms with Crippen LogP contribution in [0, 0.1) is 6.92 Å². The Kier molecular flexibility index (Phi) is 6.67. The summed E-state index contributed by atoms with van der Waals surface area (Å²) in [7, 11) is -4.18. The Bertz CT molecular complexity index is 1600. The number of aryl methyl sites for hydroxylation is 1. The van der Waals surface area contributed by atoms with E-state index in [1.807, 2.05) is 67.6 Å². The summed E-state index contributed by atoms with van der Waals surface area (Å²) in [5.74, 6) is 0.0366. The molecule has 1 unspecified atom stereocenters. The van der Waals surface area contributed by atoms with E-state index in [2.05, 4.69) is 0 Å². The van der Waals surface area contributed by atoms with Gasteiger partial charge in [0.15, 0.2) is 5.84 Å². The van der Waals surface area contributed by atoms with Crippen molar-refractivity contribution in [3.05, 3.63) is 143 Å². The Morgan fingerprint density at radius 2 is 1.32 bits per heavy atom. The first-order valence-electron chi connectivity index (χ1n) is 11.8. The maximum absolute atomic E-state index is 14.2. The molecule has 38 heavy (non-hydrogen) atoms. The fourth-order valence-corrected chi connectivity index (χ4v) is 5.85. The number of alkyl halides is 3. The fraction of sp³-hybridized carbons (Fsp3) is 0.100. The van der Waals surface area contributed by atoms with Crippen molar-refractivity contribution >= 4 is 21.6 Å². The summed E-state index contributed by atoms with van der Waals surface area (Å²) in [6.07, 6.45) is -2.76. The molecule has 0 spiro atoms. The highest BCUT2D eigenvalue weighted by molar-refractivity contribution is 7.89. The standard InChI is InChI=1S/C30H23F3N2O2S/c1-21-12-18-26(19-13-21)38(36,37)35-28(23-10-6-3-7-11-23)20-27(22-8-4-2-5-9-22)34-29(35)24-14-16-25(17-15-24)30(31,32)33/h2-20,28H,1H3. The van der Waals surface area contributed by atoms with E-state index in [1.54, 1.807) is 18.2 Å². The minimum atomic E-state index is -4.53. The van der Waals surface area contributed by atoms with Gasteiger partial charge >= 0.3 is 6.18 Å². The molecule has 4 aromatic carbocycles. The molecule has 0 radical (unpaired) electrons. The number of sulfonamides is 1. The van der Waals surface area contributed by atoms with Crippen LogP contribution in [0.25, 0.3) is 5.70 Å². The van der Waals surface area contributed by atoms with Crippen molar-refractivity contribution in [3.63, 3.8) is 0 Å². The van der Waals surface area contributed by atoms with Crippen LogP contribution in [0.3, 0.4) is 0 Å². The lowest BCUT2D eigenvalue weighted by atomic mass is 10.00. The van der Waals surface area contributed by atoms with E-state index in [4.69, 9.17) is 4.99 Å². The summed E-state index contributed by atoms with van der Waals surface area (Å²) in [6.45, 7) is 1.86. The van der Waals surface area contributed by atoms with E-state index in [0.29, 0.717) is 11.3 Å². The molecule has 1 atom stereocenters. The first kappa shape index (κ1) is 25.5. The molecule has 1 aliphatic rings. The minimum absolute atomic E-state index is 0.0366. The maximum atomic E-state index is 14.2. The van der Waals surface area contributed by atoms with Gasteiger partial charge in [-0.1, -0.05) is 90.5 Å². The van der Waals surface area contributed by atoms with Gasteiger partial charge < -0.3 is 0 Å². The molecule has 1 heterocycles. The number of hydrogen-bond acceptors (Lipinski definition) is 3. The lowest BCUT2D eigenvalue weighted by Crippen LogP contribution is -2.41. The number of halogens is 3. The minimum Gasteiger partial charge on any atom is -0.238 e. The fourth-order valence-electron chi connectivity index (χ4n) is 4.29. The van der Waals surface area contributed by atoms with Crippen molar-refractivity contribution in [3.8, 4) is 0 Å². The molecular formula is C30H23F3N2O2S. The molecule has 8 heteroatoms. The number of rotatable bonds is 5. The number of aliphatic imine (C=N–C) groups is 1. The predicted molar refractivity (Wildman–Crippen MR) is 142 cm³/mol. The Morgan fingerprint density at radius 1 is 0.737 bits per heavy atom. The molecule has 4 aromatic rings. The van der Waals surface area contributed by atoms with Gasteiger partial charge in [-0.15, -0.1) is 0 Å². The van der Waals surface area contributed by atoms with Crippen molar-refractivity contribution in [2.24, 2.45) is 4.99 Å². The van der Waals surface area contributed by atoms with E-state index < -0.39 is 27.8 Å². The van der Waals surface area contributed by atoms with Crippen molar-refractivity contribution in [1.82, 2.24) is 4.31 Å². The number of benzene rings is 4. The number of hydrogen-bond donors (Lipinski definition) is 0. The highest BCUT2D eigenvalue weighted by Gasteiger charge is 2.38. The molecule has 1 aliphatic heterocycles. The number of amidine groups is 1. The summed E-state index contributed by atoms with van der Waals surface area (Å²) < 4.78 is 69.4. The van der Waals surface area contributed by atoms with E-state index >= 15 is 0 Å². The van der Waals surface area contributed by atoms with Crippen molar-refractivity contribution in [2.75, 3.05) is 0 Å². The van der Waals surface area contributed by atoms with Crippen molar-refractivity contribution < 1.29 is 21.6 Å². The van der Waals surface area contributed by atoms with Crippen molar-refractivity contribution in [1.29, 1.82) is 0 Å². The van der Waals surface area contributed by atoms with Gasteiger partial charge in [-0.05, 0) is 48.4 Å². The van der Waals surface area contributed by atoms with Crippen LogP contribution in [0.15, 0.2) is 125 Å². The van der Waals surface area contributed by atoms with E-state index in [0.717, 1.165) is 23.3 Å². The second kappa shape index (κ2) is 9.95. The summed E-state index contributed by atoms with van der Waals surface area (Å²) in [5, 5.41) is 0. The smallest absolute Gasteiger partial charge is 0.238 e. The van der Waals surface area contributed by atoms with Gasteiger partial charge in [0.2, 0.25) is 0 Å². The Balaban J connectivity index is 1.75. The largest absolute Gasteiger partial charge is 0.416 e. The molecule has 5 rings (SSSR count). The zero-order valence-corrected chi connectivity index (χ0v) is 21.1. The van der Waals surface area contributed by atoms with Crippen LogP contribution in [-0.2, 0) is 16.2 Å². The van der Waals surface area contributed by atoms with Gasteiger partial charge in [0, 0.05) is 5.56 Å².